The first-order valence-electron chi connectivity index (χ1n) is 7.84. The molecule has 2 aromatic carbocycles. The van der Waals surface area contributed by atoms with Gasteiger partial charge in [0.1, 0.15) is 11.0 Å². The second-order valence-corrected chi connectivity index (χ2v) is 5.73. The molecule has 0 radical (unpaired) electrons. The maximum absolute atomic E-state index is 12.6. The minimum atomic E-state index is -0.546. The molecule has 0 bridgehead atoms. The Hall–Kier alpha value is -3.19. The zero-order valence-corrected chi connectivity index (χ0v) is 14.4. The van der Waals surface area contributed by atoms with Gasteiger partial charge in [0.15, 0.2) is 28.4 Å². The van der Waals surface area contributed by atoms with Crippen LogP contribution < -0.4 is 19.8 Å². The Morgan fingerprint density at radius 1 is 0.846 bits per heavy atom. The van der Waals surface area contributed by atoms with E-state index in [0.717, 1.165) is 0 Å². The second-order valence-electron chi connectivity index (χ2n) is 5.73. The molecule has 7 nitrogen and oxygen atoms in total. The summed E-state index contributed by atoms with van der Waals surface area (Å²) in [5, 5.41) is 10.9. The Morgan fingerprint density at radius 3 is 2.19 bits per heavy atom. The summed E-state index contributed by atoms with van der Waals surface area (Å²) >= 11 is 0. The van der Waals surface area contributed by atoms with Crippen molar-refractivity contribution in [3.63, 3.8) is 0 Å². The number of hydrogen-bond acceptors (Lipinski definition) is 7. The van der Waals surface area contributed by atoms with Gasteiger partial charge in [-0.15, -0.1) is 0 Å². The summed E-state index contributed by atoms with van der Waals surface area (Å²) in [6.45, 7) is -0.192. The quantitative estimate of drug-likeness (QED) is 0.561. The average Bonchev–Trinajstić information content (AvgIpc) is 3.06. The molecule has 0 aliphatic rings. The molecule has 0 atom stereocenters. The number of hydrogen-bond donors (Lipinski definition) is 1. The van der Waals surface area contributed by atoms with Gasteiger partial charge in [-0.3, -0.25) is 0 Å². The molecule has 0 fully saturated rings. The summed E-state index contributed by atoms with van der Waals surface area (Å²) in [5.74, 6) is 1.35. The molecule has 4 aromatic rings. The summed E-state index contributed by atoms with van der Waals surface area (Å²) in [6, 6.07) is 6.63. The van der Waals surface area contributed by atoms with Gasteiger partial charge in [0.05, 0.1) is 33.3 Å². The fourth-order valence-electron chi connectivity index (χ4n) is 3.13. The molecule has 0 amide bonds. The molecule has 0 unspecified atom stereocenters. The Morgan fingerprint density at radius 2 is 1.54 bits per heavy atom. The van der Waals surface area contributed by atoms with Crippen LogP contribution in [-0.4, -0.2) is 26.4 Å². The Balaban J connectivity index is 2.21. The number of ether oxygens (including phenoxy) is 3. The van der Waals surface area contributed by atoms with Crippen LogP contribution in [0.5, 0.6) is 17.2 Å². The molecule has 1 N–H and O–H groups in total. The van der Waals surface area contributed by atoms with Crippen molar-refractivity contribution in [1.82, 2.24) is 0 Å². The summed E-state index contributed by atoms with van der Waals surface area (Å²) < 4.78 is 27.4. The minimum absolute atomic E-state index is 0.192. The number of fused-ring (bicyclic) bond motifs is 5. The zero-order chi connectivity index (χ0) is 18.4. The highest BCUT2D eigenvalue weighted by molar-refractivity contribution is 6.14. The van der Waals surface area contributed by atoms with Crippen molar-refractivity contribution in [2.45, 2.75) is 6.61 Å². The van der Waals surface area contributed by atoms with E-state index in [2.05, 4.69) is 0 Å². The largest absolute Gasteiger partial charge is 0.493 e. The molecule has 134 valence electrons. The van der Waals surface area contributed by atoms with Gasteiger partial charge in [-0.25, -0.2) is 4.79 Å². The van der Waals surface area contributed by atoms with Gasteiger partial charge in [-0.2, -0.15) is 0 Å². The lowest BCUT2D eigenvalue weighted by molar-refractivity contribution is 0.281. The van der Waals surface area contributed by atoms with Crippen LogP contribution in [0.2, 0.25) is 0 Å². The summed E-state index contributed by atoms with van der Waals surface area (Å²) in [4.78, 5) is 12.6. The SMILES string of the molecule is COc1cc2oc(=O)c3c4cc(CO)cc(OC)c4oc3c2cc1OC. The first-order valence-corrected chi connectivity index (χ1v) is 7.84. The van der Waals surface area contributed by atoms with Crippen LogP contribution in [0.3, 0.4) is 0 Å². The topological polar surface area (TPSA) is 91.3 Å². The number of rotatable bonds is 4. The lowest BCUT2D eigenvalue weighted by Gasteiger charge is -2.08. The van der Waals surface area contributed by atoms with Crippen LogP contribution in [0.15, 0.2) is 37.9 Å². The Labute approximate surface area is 147 Å². The highest BCUT2D eigenvalue weighted by Gasteiger charge is 2.21. The predicted molar refractivity (Wildman–Crippen MR) is 95.3 cm³/mol. The lowest BCUT2D eigenvalue weighted by atomic mass is 10.1. The molecular formula is C19H16O7. The van der Waals surface area contributed by atoms with Crippen LogP contribution in [0.4, 0.5) is 0 Å². The summed E-state index contributed by atoms with van der Waals surface area (Å²) in [7, 11) is 4.52. The molecule has 0 saturated carbocycles. The summed E-state index contributed by atoms with van der Waals surface area (Å²) in [6.07, 6.45) is 0. The van der Waals surface area contributed by atoms with Crippen LogP contribution in [0, 0.1) is 0 Å². The molecule has 7 heteroatoms. The van der Waals surface area contributed by atoms with Crippen LogP contribution in [-0.2, 0) is 6.61 Å². The Kier molecular flexibility index (Phi) is 3.73. The van der Waals surface area contributed by atoms with E-state index in [1.165, 1.54) is 21.3 Å². The molecule has 0 aliphatic carbocycles. The van der Waals surface area contributed by atoms with Gasteiger partial charge < -0.3 is 28.2 Å². The van der Waals surface area contributed by atoms with E-state index in [9.17, 15) is 9.90 Å². The predicted octanol–water partition coefficient (Wildman–Crippen LogP) is 3.21. The third-order valence-electron chi connectivity index (χ3n) is 4.35. The maximum atomic E-state index is 12.6. The van der Waals surface area contributed by atoms with Crippen molar-refractivity contribution < 1.29 is 28.2 Å². The van der Waals surface area contributed by atoms with Gasteiger partial charge in [0.2, 0.25) is 0 Å². The van der Waals surface area contributed by atoms with E-state index < -0.39 is 5.63 Å². The van der Waals surface area contributed by atoms with Crippen molar-refractivity contribution in [2.24, 2.45) is 0 Å². The van der Waals surface area contributed by atoms with Gasteiger partial charge in [0.25, 0.3) is 0 Å². The molecule has 4 rings (SSSR count). The number of benzene rings is 2. The lowest BCUT2D eigenvalue weighted by Crippen LogP contribution is -1.99. The van der Waals surface area contributed by atoms with Gasteiger partial charge in [-0.1, -0.05) is 0 Å². The zero-order valence-electron chi connectivity index (χ0n) is 14.4. The monoisotopic (exact) mass is 356 g/mol. The van der Waals surface area contributed by atoms with Gasteiger partial charge in [0, 0.05) is 11.5 Å². The minimum Gasteiger partial charge on any atom is -0.493 e. The van der Waals surface area contributed by atoms with Gasteiger partial charge in [-0.05, 0) is 23.8 Å². The third-order valence-corrected chi connectivity index (χ3v) is 4.35. The molecular weight excluding hydrogens is 340 g/mol. The fraction of sp³-hybridized carbons (Fsp3) is 0.211. The second kappa shape index (κ2) is 5.96. The van der Waals surface area contributed by atoms with Crippen LogP contribution in [0.1, 0.15) is 5.56 Å². The molecule has 0 spiro atoms. The third kappa shape index (κ3) is 2.21. The molecule has 26 heavy (non-hydrogen) atoms. The van der Waals surface area contributed by atoms with Crippen molar-refractivity contribution in [1.29, 1.82) is 0 Å². The number of aliphatic hydroxyl groups excluding tert-OH is 1. The van der Waals surface area contributed by atoms with Crippen molar-refractivity contribution >= 4 is 32.9 Å². The number of methoxy groups -OCH3 is 3. The van der Waals surface area contributed by atoms with Crippen LogP contribution >= 0.6 is 0 Å². The van der Waals surface area contributed by atoms with Gasteiger partial charge >= 0.3 is 5.63 Å². The van der Waals surface area contributed by atoms with E-state index in [1.807, 2.05) is 0 Å². The highest BCUT2D eigenvalue weighted by atomic mass is 16.5. The first-order chi connectivity index (χ1) is 12.6. The van der Waals surface area contributed by atoms with Crippen molar-refractivity contribution in [3.05, 3.63) is 40.2 Å². The smallest absolute Gasteiger partial charge is 0.348 e. The van der Waals surface area contributed by atoms with Crippen LogP contribution in [0.25, 0.3) is 32.9 Å². The molecule has 2 heterocycles. The van der Waals surface area contributed by atoms with Crippen molar-refractivity contribution in [2.75, 3.05) is 21.3 Å². The Bertz CT molecular complexity index is 1200. The van der Waals surface area contributed by atoms with E-state index in [4.69, 9.17) is 23.0 Å². The summed E-state index contributed by atoms with van der Waals surface area (Å²) in [5.41, 5.74) is 1.15. The highest BCUT2D eigenvalue weighted by Crippen LogP contribution is 2.40. The normalized spacial score (nSPS) is 11.4. The van der Waals surface area contributed by atoms with E-state index in [1.54, 1.807) is 24.3 Å². The van der Waals surface area contributed by atoms with Crippen molar-refractivity contribution in [3.8, 4) is 17.2 Å². The number of furan rings is 1. The van der Waals surface area contributed by atoms with E-state index in [0.29, 0.717) is 50.3 Å². The first kappa shape index (κ1) is 16.3. The van der Waals surface area contributed by atoms with E-state index in [-0.39, 0.29) is 12.0 Å². The molecule has 0 aliphatic heterocycles. The number of aliphatic hydroxyl groups is 1. The molecule has 0 saturated heterocycles. The standard InChI is InChI=1S/C19H16O7/c1-22-13-6-10-12(7-14(13)23-2)25-19(21)16-11-4-9(8-20)5-15(24-3)17(11)26-18(10)16/h4-7,20H,8H2,1-3H3. The fourth-order valence-corrected chi connectivity index (χ4v) is 3.13. The molecule has 2 aromatic heterocycles. The average molecular weight is 356 g/mol. The van der Waals surface area contributed by atoms with E-state index >= 15 is 0 Å². The maximum Gasteiger partial charge on any atom is 0.348 e.